The van der Waals surface area contributed by atoms with Gasteiger partial charge in [0, 0.05) is 53.1 Å². The van der Waals surface area contributed by atoms with E-state index in [-0.39, 0.29) is 41.4 Å². The quantitative estimate of drug-likeness (QED) is 0.125. The van der Waals surface area contributed by atoms with Gasteiger partial charge in [0.25, 0.3) is 0 Å². The number of anilines is 4. The molecule has 0 saturated heterocycles. The lowest BCUT2D eigenvalue weighted by Crippen LogP contribution is -2.89. The molecule has 7 rings (SSSR count). The molecule has 3 aliphatic heterocycles. The van der Waals surface area contributed by atoms with Gasteiger partial charge in [-0.1, -0.05) is 209 Å². The maximum absolute atomic E-state index is 15.7. The first-order chi connectivity index (χ1) is 33.0. The SMILES string of the molecule is CC(C)c1cccc(C(C)C)c1N1C=CN(c2c(C(C)C)cccc2C(C)C)B1N([Si](C)(C)C)[Si]1(O)OC(C)(C)c2cccc(C(C)C)c2N2C=CN(c3c(C(C)C)cccc3C(C)C)B2N1[Si](C)(C)C. The number of hydrogen-bond acceptors (Lipinski definition) is 8. The van der Waals surface area contributed by atoms with Crippen molar-refractivity contribution in [3.05, 3.63) is 142 Å². The van der Waals surface area contributed by atoms with E-state index in [1.165, 1.54) is 61.7 Å². The summed E-state index contributed by atoms with van der Waals surface area (Å²) < 4.78 is 13.5. The van der Waals surface area contributed by atoms with Crippen molar-refractivity contribution in [3.63, 3.8) is 0 Å². The van der Waals surface area contributed by atoms with E-state index in [2.05, 4.69) is 275 Å². The predicted molar refractivity (Wildman–Crippen MR) is 317 cm³/mol. The first-order valence-electron chi connectivity index (χ1n) is 27.0. The fraction of sp³-hybridized carbons (Fsp3) is 0.517. The molecule has 0 spiro atoms. The largest absolute Gasteiger partial charge is 0.490 e. The average molecular weight is 1010 g/mol. The normalized spacial score (nSPS) is 18.9. The summed E-state index contributed by atoms with van der Waals surface area (Å²) in [6.45, 7) is 51.6. The second-order valence-electron chi connectivity index (χ2n) is 25.4. The van der Waals surface area contributed by atoms with Crippen LogP contribution in [0, 0.1) is 0 Å². The van der Waals surface area contributed by atoms with Crippen LogP contribution in [0.3, 0.4) is 0 Å². The van der Waals surface area contributed by atoms with Gasteiger partial charge in [-0.25, -0.2) is 0 Å². The Labute approximate surface area is 436 Å². The van der Waals surface area contributed by atoms with Gasteiger partial charge in [0.1, 0.15) is 16.5 Å². The molecule has 0 bridgehead atoms. The third-order valence-corrected chi connectivity index (χ3v) is 26.7. The first kappa shape index (κ1) is 54.9. The van der Waals surface area contributed by atoms with Crippen molar-refractivity contribution in [2.45, 2.75) is 197 Å². The van der Waals surface area contributed by atoms with Crippen molar-refractivity contribution in [2.24, 2.45) is 0 Å². The lowest BCUT2D eigenvalue weighted by Gasteiger charge is -2.60. The minimum Gasteiger partial charge on any atom is -0.388 e. The summed E-state index contributed by atoms with van der Waals surface area (Å²) in [6.07, 6.45) is 9.33. The first-order valence-corrected chi connectivity index (χ1v) is 35.6. The third-order valence-electron chi connectivity index (χ3n) is 15.1. The fourth-order valence-corrected chi connectivity index (χ4v) is 24.2. The molecule has 1 N–H and O–H groups in total. The summed E-state index contributed by atoms with van der Waals surface area (Å²) in [5, 5.41) is 0. The van der Waals surface area contributed by atoms with Crippen LogP contribution in [0.15, 0.2) is 97.6 Å². The number of nitrogens with zero attached hydrogens (tertiary/aromatic N) is 6. The van der Waals surface area contributed by atoms with Crippen LogP contribution in [-0.4, -0.2) is 52.7 Å². The summed E-state index contributed by atoms with van der Waals surface area (Å²) in [6, 6.07) is 27.5. The van der Waals surface area contributed by atoms with E-state index in [1.807, 2.05) is 0 Å². The minimum absolute atomic E-state index is 0.242. The van der Waals surface area contributed by atoms with Crippen molar-refractivity contribution in [3.8, 4) is 0 Å². The van der Waals surface area contributed by atoms with E-state index >= 15 is 4.80 Å². The highest BCUT2D eigenvalue weighted by atomic mass is 28.5. The molecular weight excluding hydrogens is 919 g/mol. The summed E-state index contributed by atoms with van der Waals surface area (Å²) in [7, 11) is -10.9. The molecule has 3 heterocycles. The maximum Gasteiger partial charge on any atom is 0.490 e. The van der Waals surface area contributed by atoms with E-state index in [1.54, 1.807) is 0 Å². The molecule has 4 aromatic carbocycles. The number of para-hydroxylation sites is 4. The molecule has 0 amide bonds. The zero-order valence-electron chi connectivity index (χ0n) is 48.0. The third kappa shape index (κ3) is 9.87. The second-order valence-corrected chi connectivity index (χ2v) is 38.2. The zero-order chi connectivity index (χ0) is 52.6. The van der Waals surface area contributed by atoms with Crippen LogP contribution in [0.1, 0.15) is 197 Å². The van der Waals surface area contributed by atoms with Gasteiger partial charge in [-0.3, -0.25) is 8.28 Å². The van der Waals surface area contributed by atoms with Gasteiger partial charge in [0.15, 0.2) is 0 Å². The Kier molecular flexibility index (Phi) is 15.6. The molecule has 1 atom stereocenters. The molecule has 382 valence electrons. The number of fused-ring (bicyclic) bond motifs is 3. The molecule has 0 aliphatic carbocycles. The highest BCUT2D eigenvalue weighted by Crippen LogP contribution is 2.51. The Morgan fingerprint density at radius 3 is 1.06 bits per heavy atom. The van der Waals surface area contributed by atoms with Crippen LogP contribution < -0.4 is 19.2 Å². The van der Waals surface area contributed by atoms with Gasteiger partial charge in [-0.15, -0.1) is 0 Å². The lowest BCUT2D eigenvalue weighted by molar-refractivity contribution is 0.0380. The van der Waals surface area contributed by atoms with E-state index in [9.17, 15) is 0 Å². The van der Waals surface area contributed by atoms with Crippen LogP contribution in [0.4, 0.5) is 22.7 Å². The van der Waals surface area contributed by atoms with Crippen LogP contribution in [0.2, 0.25) is 39.3 Å². The lowest BCUT2D eigenvalue weighted by atomic mass is 9.81. The zero-order valence-corrected chi connectivity index (χ0v) is 51.0. The minimum atomic E-state index is -4.50. The van der Waals surface area contributed by atoms with Gasteiger partial charge in [-0.2, -0.15) is 0 Å². The summed E-state index contributed by atoms with van der Waals surface area (Å²) in [5.74, 6) is 1.80. The Morgan fingerprint density at radius 2 is 0.746 bits per heavy atom. The Balaban J connectivity index is 1.67. The Bertz CT molecular complexity index is 2480. The Hall–Kier alpha value is -3.82. The highest BCUT2D eigenvalue weighted by Gasteiger charge is 2.70. The topological polar surface area (TPSA) is 48.9 Å². The van der Waals surface area contributed by atoms with Crippen LogP contribution in [0.25, 0.3) is 0 Å². The monoisotopic (exact) mass is 1010 g/mol. The van der Waals surface area contributed by atoms with E-state index in [0.29, 0.717) is 0 Å². The van der Waals surface area contributed by atoms with Gasteiger partial charge < -0.3 is 28.5 Å². The van der Waals surface area contributed by atoms with Gasteiger partial charge in [-0.05, 0) is 94.2 Å². The fourth-order valence-electron chi connectivity index (χ4n) is 11.8. The van der Waals surface area contributed by atoms with Crippen molar-refractivity contribution in [1.29, 1.82) is 0 Å². The van der Waals surface area contributed by atoms with E-state index < -0.39 is 45.2 Å². The molecule has 1 unspecified atom stereocenters. The van der Waals surface area contributed by atoms with Gasteiger partial charge >= 0.3 is 23.1 Å². The van der Waals surface area contributed by atoms with Crippen LogP contribution in [0.5, 0.6) is 0 Å². The molecule has 8 nitrogen and oxygen atoms in total. The van der Waals surface area contributed by atoms with Crippen molar-refractivity contribution >= 4 is 62.3 Å². The van der Waals surface area contributed by atoms with Crippen LogP contribution >= 0.6 is 0 Å². The summed E-state index contributed by atoms with van der Waals surface area (Å²) in [5.41, 5.74) is 14.1. The van der Waals surface area contributed by atoms with E-state index in [4.69, 9.17) is 4.43 Å². The van der Waals surface area contributed by atoms with E-state index in [0.717, 1.165) is 5.56 Å². The second kappa shape index (κ2) is 20.1. The molecule has 13 heteroatoms. The molecule has 3 aliphatic rings. The molecule has 71 heavy (non-hydrogen) atoms. The Morgan fingerprint density at radius 1 is 0.465 bits per heavy atom. The van der Waals surface area contributed by atoms with Gasteiger partial charge in [0.2, 0.25) is 0 Å². The van der Waals surface area contributed by atoms with Crippen LogP contribution in [-0.2, 0) is 10.0 Å². The van der Waals surface area contributed by atoms with Crippen molar-refractivity contribution in [1.82, 2.24) is 8.28 Å². The molecule has 4 aromatic rings. The number of rotatable bonds is 14. The smallest absolute Gasteiger partial charge is 0.388 e. The molecule has 0 fully saturated rings. The standard InChI is InChI=1S/C58H90B2N6O2Si3/c1-39(2)46-27-23-28-47(40(3)4)54(46)61-35-36-62(55-48(41(5)6)29-24-30-49(55)42(7)8)59(61)65(69(17,18)19)71(67)66(70(20,21)22)60-63(56-50(43(9)10)31-25-32-51(56)44(11)12)37-38-64(60)57-52(45(13)14)33-26-34-53(57)58(15,16)68-71/h23-45,67H,1-22H3. The number of benzene rings is 4. The maximum atomic E-state index is 15.7. The average Bonchev–Trinajstić information content (AvgIpc) is 3.87. The van der Waals surface area contributed by atoms with Crippen molar-refractivity contribution in [2.75, 3.05) is 19.2 Å². The molecule has 0 radical (unpaired) electrons. The summed E-state index contributed by atoms with van der Waals surface area (Å²) in [4.78, 5) is 25.9. The van der Waals surface area contributed by atoms with Gasteiger partial charge in [0.05, 0.1) is 5.60 Å². The molecule has 0 saturated carbocycles. The predicted octanol–water partition coefficient (Wildman–Crippen LogP) is 15.8. The summed E-state index contributed by atoms with van der Waals surface area (Å²) >= 11 is 0. The molecule has 0 aromatic heterocycles. The van der Waals surface area contributed by atoms with Crippen molar-refractivity contribution < 1.29 is 9.22 Å². The molecular formula is C58H90B2N6O2Si3. The number of hydrogen-bond donors (Lipinski definition) is 1. The highest BCUT2D eigenvalue weighted by molar-refractivity contribution is 7.05.